The minimum Gasteiger partial charge on any atom is -0.379 e. The minimum atomic E-state index is -0.338. The van der Waals surface area contributed by atoms with Crippen LogP contribution in [0.25, 0.3) is 11.0 Å². The van der Waals surface area contributed by atoms with Gasteiger partial charge in [-0.05, 0) is 70.4 Å². The molecule has 0 bridgehead atoms. The van der Waals surface area contributed by atoms with Gasteiger partial charge in [-0.2, -0.15) is 4.98 Å². The number of carbonyl (C=O) groups excluding carboxylic acids is 3. The van der Waals surface area contributed by atoms with Crippen molar-refractivity contribution in [1.29, 1.82) is 0 Å². The summed E-state index contributed by atoms with van der Waals surface area (Å²) < 4.78 is 18.7. The Hall–Kier alpha value is -5.66. The summed E-state index contributed by atoms with van der Waals surface area (Å²) in [5.41, 5.74) is 3.78. The van der Waals surface area contributed by atoms with E-state index in [0.29, 0.717) is 77.8 Å². The standard InChI is InChI=1S/C45H56N10O7S/c1-29-36-28-47-44(51-41(36)55(33-9-5-6-10-33)43(59)40(29)31(3)56)50-38-14-13-34(27-46-38)54-18-16-53(17-19-54)20-22-61-24-26-62-25-23-60-21-15-39(57)49-37-12-8-7-11-35(37)42(58)52-45-48-30(2)32(4)63-45/h7-8,11-14,27-28,33H,5-6,9-10,15-26H2,1-4H3,(H,49,57)(H,48,52,58)(H,46,47,50,51). The zero-order chi connectivity index (χ0) is 44.3. The lowest BCUT2D eigenvalue weighted by Gasteiger charge is -2.35. The van der Waals surface area contributed by atoms with E-state index in [1.807, 2.05) is 32.2 Å². The Morgan fingerprint density at radius 2 is 1.54 bits per heavy atom. The van der Waals surface area contributed by atoms with Crippen LogP contribution in [0.1, 0.15) is 81.9 Å². The first-order valence-corrected chi connectivity index (χ1v) is 22.4. The van der Waals surface area contributed by atoms with Gasteiger partial charge in [-0.3, -0.25) is 34.0 Å². The van der Waals surface area contributed by atoms with Crippen molar-refractivity contribution >= 4 is 68.2 Å². The second-order valence-electron chi connectivity index (χ2n) is 15.8. The quantitative estimate of drug-likeness (QED) is 0.0601. The van der Waals surface area contributed by atoms with Gasteiger partial charge in [0.15, 0.2) is 10.9 Å². The summed E-state index contributed by atoms with van der Waals surface area (Å²) in [7, 11) is 0. The van der Waals surface area contributed by atoms with Gasteiger partial charge in [0.2, 0.25) is 11.9 Å². The smallest absolute Gasteiger partial charge is 0.263 e. The van der Waals surface area contributed by atoms with Crippen molar-refractivity contribution in [2.75, 3.05) is 93.2 Å². The first-order valence-electron chi connectivity index (χ1n) is 21.6. The lowest BCUT2D eigenvalue weighted by molar-refractivity contribution is -0.117. The molecule has 334 valence electrons. The zero-order valence-electron chi connectivity index (χ0n) is 36.4. The van der Waals surface area contributed by atoms with Crippen molar-refractivity contribution in [1.82, 2.24) is 29.4 Å². The summed E-state index contributed by atoms with van der Waals surface area (Å²) in [5, 5.41) is 10.1. The van der Waals surface area contributed by atoms with Gasteiger partial charge in [0.25, 0.3) is 11.5 Å². The molecule has 0 spiro atoms. The largest absolute Gasteiger partial charge is 0.379 e. The first kappa shape index (κ1) is 45.4. The highest BCUT2D eigenvalue weighted by Crippen LogP contribution is 2.32. The molecular weight excluding hydrogens is 825 g/mol. The Kier molecular flexibility index (Phi) is 15.6. The lowest BCUT2D eigenvalue weighted by atomic mass is 10.0. The minimum absolute atomic E-state index is 0.0104. The van der Waals surface area contributed by atoms with Crippen molar-refractivity contribution in [3.63, 3.8) is 0 Å². The number of benzene rings is 1. The van der Waals surface area contributed by atoms with Crippen molar-refractivity contribution in [2.45, 2.75) is 65.8 Å². The maximum absolute atomic E-state index is 13.6. The van der Waals surface area contributed by atoms with E-state index in [4.69, 9.17) is 19.2 Å². The van der Waals surface area contributed by atoms with Crippen LogP contribution in [0, 0.1) is 20.8 Å². The predicted molar refractivity (Wildman–Crippen MR) is 244 cm³/mol. The fraction of sp³-hybridized carbons (Fsp3) is 0.467. The number of aromatic nitrogens is 5. The molecule has 1 aliphatic carbocycles. The number of piperazine rings is 1. The second-order valence-corrected chi connectivity index (χ2v) is 17.0. The van der Waals surface area contributed by atoms with Crippen LogP contribution in [0.2, 0.25) is 0 Å². The Bertz CT molecular complexity index is 2420. The number of ketones is 1. The van der Waals surface area contributed by atoms with Crippen LogP contribution in [0.3, 0.4) is 0 Å². The summed E-state index contributed by atoms with van der Waals surface area (Å²) in [4.78, 5) is 75.5. The molecule has 1 saturated heterocycles. The van der Waals surface area contributed by atoms with E-state index in [1.54, 1.807) is 42.0 Å². The third kappa shape index (κ3) is 11.7. The van der Waals surface area contributed by atoms with E-state index in [0.717, 1.165) is 74.7 Å². The number of nitrogens with one attached hydrogen (secondary N) is 3. The number of rotatable bonds is 20. The van der Waals surface area contributed by atoms with E-state index in [1.165, 1.54) is 18.3 Å². The van der Waals surface area contributed by atoms with Crippen LogP contribution in [-0.4, -0.2) is 119 Å². The third-order valence-corrected chi connectivity index (χ3v) is 12.4. The van der Waals surface area contributed by atoms with Gasteiger partial charge in [0, 0.05) is 55.2 Å². The average molecular weight is 881 g/mol. The molecule has 2 fully saturated rings. The van der Waals surface area contributed by atoms with Gasteiger partial charge in [-0.25, -0.2) is 15.0 Å². The van der Waals surface area contributed by atoms with Crippen molar-refractivity contribution < 1.29 is 28.6 Å². The summed E-state index contributed by atoms with van der Waals surface area (Å²) in [5.74, 6) is 0.105. The number of ether oxygens (including phenoxy) is 3. The summed E-state index contributed by atoms with van der Waals surface area (Å²) >= 11 is 1.41. The fourth-order valence-electron chi connectivity index (χ4n) is 7.89. The number of hydrogen-bond donors (Lipinski definition) is 3. The fourth-order valence-corrected chi connectivity index (χ4v) is 8.70. The molecule has 3 N–H and O–H groups in total. The molecule has 4 aromatic heterocycles. The van der Waals surface area contributed by atoms with Crippen LogP contribution in [0.5, 0.6) is 0 Å². The molecule has 7 rings (SSSR count). The summed E-state index contributed by atoms with van der Waals surface area (Å²) in [6.45, 7) is 13.9. The summed E-state index contributed by atoms with van der Waals surface area (Å²) in [6, 6.07) is 10.8. The number of para-hydroxylation sites is 1. The number of pyridine rings is 2. The number of hydrogen-bond acceptors (Lipinski definition) is 15. The molecule has 1 aliphatic heterocycles. The number of aryl methyl sites for hydroxylation is 3. The number of nitrogens with zero attached hydrogens (tertiary/aromatic N) is 7. The van der Waals surface area contributed by atoms with Crippen molar-refractivity contribution in [3.05, 3.63) is 86.4 Å². The molecule has 0 radical (unpaired) electrons. The third-order valence-electron chi connectivity index (χ3n) is 11.4. The van der Waals surface area contributed by atoms with Crippen molar-refractivity contribution in [3.8, 4) is 0 Å². The second kappa shape index (κ2) is 21.6. The van der Waals surface area contributed by atoms with Crippen LogP contribution < -0.4 is 26.4 Å². The number of amides is 2. The van der Waals surface area contributed by atoms with Crippen molar-refractivity contribution in [2.24, 2.45) is 0 Å². The number of thiazole rings is 1. The molecule has 5 heterocycles. The van der Waals surface area contributed by atoms with E-state index in [9.17, 15) is 19.2 Å². The summed E-state index contributed by atoms with van der Waals surface area (Å²) in [6.07, 6.45) is 7.52. The number of anilines is 5. The first-order chi connectivity index (χ1) is 30.5. The average Bonchev–Trinajstić information content (AvgIpc) is 3.92. The molecule has 2 aliphatic rings. The van der Waals surface area contributed by atoms with Crippen LogP contribution in [0.15, 0.2) is 53.6 Å². The highest BCUT2D eigenvalue weighted by atomic mass is 32.1. The maximum Gasteiger partial charge on any atom is 0.263 e. The Balaban J connectivity index is 0.749. The molecule has 17 nitrogen and oxygen atoms in total. The number of Topliss-reactive ketones (excluding diaryl/α,β-unsaturated/α-hetero) is 1. The van der Waals surface area contributed by atoms with E-state index >= 15 is 0 Å². The topological polar surface area (TPSA) is 195 Å². The monoisotopic (exact) mass is 880 g/mol. The Morgan fingerprint density at radius 3 is 2.22 bits per heavy atom. The van der Waals surface area contributed by atoms with E-state index in [-0.39, 0.29) is 47.8 Å². The van der Waals surface area contributed by atoms with Gasteiger partial charge in [0.1, 0.15) is 11.5 Å². The van der Waals surface area contributed by atoms with Crippen LogP contribution in [-0.2, 0) is 19.0 Å². The van der Waals surface area contributed by atoms with Gasteiger partial charge in [-0.15, -0.1) is 11.3 Å². The lowest BCUT2D eigenvalue weighted by Crippen LogP contribution is -2.47. The number of fused-ring (bicyclic) bond motifs is 1. The van der Waals surface area contributed by atoms with E-state index < -0.39 is 0 Å². The zero-order valence-corrected chi connectivity index (χ0v) is 37.2. The van der Waals surface area contributed by atoms with Crippen LogP contribution in [0.4, 0.5) is 28.3 Å². The molecule has 63 heavy (non-hydrogen) atoms. The Labute approximate surface area is 370 Å². The normalized spacial score (nSPS) is 14.6. The van der Waals surface area contributed by atoms with Gasteiger partial charge >= 0.3 is 0 Å². The highest BCUT2D eigenvalue weighted by molar-refractivity contribution is 7.15. The van der Waals surface area contributed by atoms with Gasteiger partial charge in [-0.1, -0.05) is 25.0 Å². The van der Waals surface area contributed by atoms with Crippen LogP contribution >= 0.6 is 11.3 Å². The maximum atomic E-state index is 13.6. The molecular formula is C45H56N10O7S. The SMILES string of the molecule is CC(=O)c1c(C)c2cnc(Nc3ccc(N4CCN(CCOCCOCCOCCC(=O)Nc5ccccc5C(=O)Nc5nc(C)c(C)s5)CC4)cn3)nc2n(C2CCCC2)c1=O. The van der Waals surface area contributed by atoms with E-state index in [2.05, 4.69) is 40.7 Å². The molecule has 2 amide bonds. The van der Waals surface area contributed by atoms with Gasteiger partial charge in [0.05, 0.1) is 80.5 Å². The molecule has 1 saturated carbocycles. The molecule has 5 aromatic rings. The molecule has 1 aromatic carbocycles. The highest BCUT2D eigenvalue weighted by Gasteiger charge is 2.26. The predicted octanol–water partition coefficient (Wildman–Crippen LogP) is 6.08. The Morgan fingerprint density at radius 1 is 0.825 bits per heavy atom. The van der Waals surface area contributed by atoms with Gasteiger partial charge < -0.3 is 29.7 Å². The molecule has 0 unspecified atom stereocenters. The molecule has 0 atom stereocenters. The molecule has 18 heteroatoms. The number of carbonyl (C=O) groups is 3.